The van der Waals surface area contributed by atoms with Crippen LogP contribution >= 0.6 is 0 Å². The maximum atomic E-state index is 13.4. The second kappa shape index (κ2) is 13.8. The highest BCUT2D eigenvalue weighted by Crippen LogP contribution is 2.36. The summed E-state index contributed by atoms with van der Waals surface area (Å²) in [4.78, 5) is 15.9. The molecule has 34 heavy (non-hydrogen) atoms. The van der Waals surface area contributed by atoms with Crippen LogP contribution < -0.4 is 10.1 Å². The van der Waals surface area contributed by atoms with Gasteiger partial charge in [-0.15, -0.1) is 0 Å². The molecular formula is C27H35F3N2O2. The van der Waals surface area contributed by atoms with E-state index in [-0.39, 0.29) is 22.7 Å². The van der Waals surface area contributed by atoms with Gasteiger partial charge in [-0.2, -0.15) is 13.2 Å². The number of nitrogens with one attached hydrogen (secondary N) is 1. The van der Waals surface area contributed by atoms with Gasteiger partial charge in [-0.05, 0) is 43.7 Å². The third kappa shape index (κ3) is 9.98. The molecule has 186 valence electrons. The number of alkyl halides is 3. The minimum absolute atomic E-state index is 0.0116. The van der Waals surface area contributed by atoms with Gasteiger partial charge in [-0.3, -0.25) is 4.79 Å². The molecule has 0 atom stereocenters. The van der Waals surface area contributed by atoms with Crippen LogP contribution in [0, 0.1) is 5.92 Å². The van der Waals surface area contributed by atoms with Crippen LogP contribution in [0.2, 0.25) is 0 Å². The lowest BCUT2D eigenvalue weighted by Crippen LogP contribution is -2.25. The maximum absolute atomic E-state index is 13.4. The number of allylic oxidation sites excluding steroid dienone is 3. The number of para-hydroxylation sites is 1. The topological polar surface area (TPSA) is 51.2 Å². The van der Waals surface area contributed by atoms with Crippen LogP contribution in [0.25, 0.3) is 10.9 Å². The van der Waals surface area contributed by atoms with E-state index in [2.05, 4.69) is 30.2 Å². The van der Waals surface area contributed by atoms with Crippen LogP contribution in [-0.4, -0.2) is 24.0 Å². The first-order valence-corrected chi connectivity index (χ1v) is 11.9. The summed E-state index contributed by atoms with van der Waals surface area (Å²) < 4.78 is 45.6. The molecule has 0 bridgehead atoms. The number of halogens is 3. The van der Waals surface area contributed by atoms with E-state index in [9.17, 15) is 18.0 Å². The van der Waals surface area contributed by atoms with Crippen LogP contribution in [0.5, 0.6) is 5.88 Å². The fraction of sp³-hybridized carbons (Fsp3) is 0.481. The number of pyridine rings is 1. The number of aromatic nitrogens is 1. The summed E-state index contributed by atoms with van der Waals surface area (Å²) in [6.07, 6.45) is 6.99. The van der Waals surface area contributed by atoms with E-state index in [1.54, 1.807) is 24.3 Å². The van der Waals surface area contributed by atoms with Crippen molar-refractivity contribution < 1.29 is 22.7 Å². The Morgan fingerprint density at radius 2 is 1.82 bits per heavy atom. The minimum atomic E-state index is -4.45. The first-order valence-electron chi connectivity index (χ1n) is 11.9. The van der Waals surface area contributed by atoms with Crippen molar-refractivity contribution in [1.82, 2.24) is 10.3 Å². The smallest absolute Gasteiger partial charge is 0.417 e. The summed E-state index contributed by atoms with van der Waals surface area (Å²) in [5, 5.41) is 2.94. The lowest BCUT2D eigenvalue weighted by atomic mass is 10.1. The molecule has 1 amide bonds. The predicted octanol–water partition coefficient (Wildman–Crippen LogP) is 7.25. The Labute approximate surface area is 200 Å². The SMILES string of the molecule is CC(C=CCCCCCCCOc1cc(C(F)(F)F)c2ccccc2n1)=CC(=O)NCC(C)C. The Balaban J connectivity index is 1.64. The maximum Gasteiger partial charge on any atom is 0.417 e. The normalized spacial score (nSPS) is 12.6. The number of unbranched alkanes of at least 4 members (excludes halogenated alkanes) is 5. The average Bonchev–Trinajstić information content (AvgIpc) is 2.77. The molecule has 0 saturated carbocycles. The number of ether oxygens (including phenoxy) is 1. The number of hydrogen-bond donors (Lipinski definition) is 1. The van der Waals surface area contributed by atoms with Gasteiger partial charge in [0.15, 0.2) is 0 Å². The molecular weight excluding hydrogens is 441 g/mol. The number of fused-ring (bicyclic) bond motifs is 1. The highest BCUT2D eigenvalue weighted by atomic mass is 19.4. The van der Waals surface area contributed by atoms with Crippen molar-refractivity contribution in [3.63, 3.8) is 0 Å². The lowest BCUT2D eigenvalue weighted by Gasteiger charge is -2.13. The summed E-state index contributed by atoms with van der Waals surface area (Å²) in [5.74, 6) is 0.376. The predicted molar refractivity (Wildman–Crippen MR) is 131 cm³/mol. The Kier molecular flexibility index (Phi) is 11.1. The van der Waals surface area contributed by atoms with E-state index in [0.717, 1.165) is 50.2 Å². The van der Waals surface area contributed by atoms with Crippen LogP contribution in [0.4, 0.5) is 13.2 Å². The van der Waals surface area contributed by atoms with E-state index in [1.165, 1.54) is 6.07 Å². The first kappa shape index (κ1) is 27.4. The molecule has 0 radical (unpaired) electrons. The zero-order chi connectivity index (χ0) is 25.0. The number of carbonyl (C=O) groups is 1. The molecule has 0 spiro atoms. The standard InChI is InChI=1S/C27H35F3N2O2/c1-20(2)19-31-25(33)17-21(3)13-9-7-5-4-6-8-12-16-34-26-18-23(27(28,29)30)22-14-10-11-15-24(22)32-26/h9-11,13-15,17-18,20H,4-8,12,16,19H2,1-3H3,(H,31,33). The van der Waals surface area contributed by atoms with Crippen molar-refractivity contribution in [1.29, 1.82) is 0 Å². The van der Waals surface area contributed by atoms with Gasteiger partial charge in [0.05, 0.1) is 17.7 Å². The zero-order valence-electron chi connectivity index (χ0n) is 20.3. The zero-order valence-corrected chi connectivity index (χ0v) is 20.3. The van der Waals surface area contributed by atoms with Gasteiger partial charge >= 0.3 is 6.18 Å². The molecule has 7 heteroatoms. The van der Waals surface area contributed by atoms with Gasteiger partial charge in [-0.1, -0.05) is 63.5 Å². The minimum Gasteiger partial charge on any atom is -0.478 e. The second-order valence-electron chi connectivity index (χ2n) is 8.86. The third-order valence-electron chi connectivity index (χ3n) is 5.19. The average molecular weight is 477 g/mol. The van der Waals surface area contributed by atoms with Crippen molar-refractivity contribution in [2.75, 3.05) is 13.2 Å². The molecule has 1 N–H and O–H groups in total. The van der Waals surface area contributed by atoms with E-state index in [1.807, 2.05) is 13.0 Å². The van der Waals surface area contributed by atoms with Gasteiger partial charge in [0.2, 0.25) is 11.8 Å². The van der Waals surface area contributed by atoms with Crippen molar-refractivity contribution in [2.24, 2.45) is 5.92 Å². The molecule has 1 aromatic heterocycles. The van der Waals surface area contributed by atoms with Gasteiger partial charge in [0, 0.05) is 24.1 Å². The van der Waals surface area contributed by atoms with Gasteiger partial charge < -0.3 is 10.1 Å². The van der Waals surface area contributed by atoms with Crippen LogP contribution in [0.3, 0.4) is 0 Å². The number of benzene rings is 1. The summed E-state index contributed by atoms with van der Waals surface area (Å²) in [7, 11) is 0. The van der Waals surface area contributed by atoms with E-state index in [0.29, 0.717) is 19.1 Å². The monoisotopic (exact) mass is 476 g/mol. The molecule has 4 nitrogen and oxygen atoms in total. The summed E-state index contributed by atoms with van der Waals surface area (Å²) in [6, 6.07) is 7.20. The fourth-order valence-electron chi connectivity index (χ4n) is 3.41. The summed E-state index contributed by atoms with van der Waals surface area (Å²) >= 11 is 0. The Morgan fingerprint density at radius 1 is 1.12 bits per heavy atom. The molecule has 2 aromatic rings. The van der Waals surface area contributed by atoms with Gasteiger partial charge in [-0.25, -0.2) is 4.98 Å². The Morgan fingerprint density at radius 3 is 2.56 bits per heavy atom. The molecule has 1 heterocycles. The largest absolute Gasteiger partial charge is 0.478 e. The van der Waals surface area contributed by atoms with Gasteiger partial charge in [0.1, 0.15) is 0 Å². The third-order valence-corrected chi connectivity index (χ3v) is 5.19. The number of hydrogen-bond acceptors (Lipinski definition) is 3. The van der Waals surface area contributed by atoms with Crippen molar-refractivity contribution in [3.05, 3.63) is 59.7 Å². The van der Waals surface area contributed by atoms with Crippen LogP contribution in [0.1, 0.15) is 64.9 Å². The molecule has 0 aliphatic rings. The van der Waals surface area contributed by atoms with E-state index >= 15 is 0 Å². The molecule has 1 aromatic carbocycles. The molecule has 2 rings (SSSR count). The molecule has 0 aliphatic heterocycles. The van der Waals surface area contributed by atoms with Gasteiger partial charge in [0.25, 0.3) is 0 Å². The van der Waals surface area contributed by atoms with Crippen LogP contribution in [0.15, 0.2) is 54.1 Å². The molecule has 0 fully saturated rings. The molecule has 0 unspecified atom stereocenters. The second-order valence-corrected chi connectivity index (χ2v) is 8.86. The lowest BCUT2D eigenvalue weighted by molar-refractivity contribution is -0.136. The molecule has 0 saturated heterocycles. The Bertz CT molecular complexity index is 981. The number of nitrogens with zero attached hydrogens (tertiary/aromatic N) is 1. The number of amides is 1. The van der Waals surface area contributed by atoms with Crippen LogP contribution in [-0.2, 0) is 11.0 Å². The number of rotatable bonds is 13. The number of carbonyl (C=O) groups excluding carboxylic acids is 1. The van der Waals surface area contributed by atoms with Crippen molar-refractivity contribution in [2.45, 2.75) is 65.5 Å². The first-order chi connectivity index (χ1) is 16.2. The van der Waals surface area contributed by atoms with E-state index < -0.39 is 11.7 Å². The highest BCUT2D eigenvalue weighted by molar-refractivity contribution is 5.88. The quantitative estimate of drug-likeness (QED) is 0.188. The van der Waals surface area contributed by atoms with E-state index in [4.69, 9.17) is 4.74 Å². The summed E-state index contributed by atoms with van der Waals surface area (Å²) in [6.45, 7) is 7.03. The van der Waals surface area contributed by atoms with Crippen molar-refractivity contribution in [3.8, 4) is 5.88 Å². The highest BCUT2D eigenvalue weighted by Gasteiger charge is 2.33. The fourth-order valence-corrected chi connectivity index (χ4v) is 3.41. The Hall–Kier alpha value is -2.83. The summed E-state index contributed by atoms with van der Waals surface area (Å²) in [5.41, 5.74) is 0.485. The van der Waals surface area contributed by atoms with Crippen molar-refractivity contribution >= 4 is 16.8 Å². The molecule has 0 aliphatic carbocycles.